The Labute approximate surface area is 127 Å². The molecule has 1 rings (SSSR count). The SMILES string of the molecule is CC=C(C)C(=O)NCCc1ccc(OCC=C(C)C)cc1. The van der Waals surface area contributed by atoms with Crippen LogP contribution in [0, 0.1) is 0 Å². The molecule has 0 saturated carbocycles. The number of ether oxygens (including phenoxy) is 1. The molecule has 1 aromatic rings. The molecular formula is C18H25NO2. The van der Waals surface area contributed by atoms with Gasteiger partial charge in [-0.1, -0.05) is 23.8 Å². The van der Waals surface area contributed by atoms with Gasteiger partial charge in [0.05, 0.1) is 0 Å². The Kier molecular flexibility index (Phi) is 7.30. The summed E-state index contributed by atoms with van der Waals surface area (Å²) in [6, 6.07) is 8.00. The lowest BCUT2D eigenvalue weighted by Crippen LogP contribution is -2.26. The molecule has 0 spiro atoms. The molecule has 21 heavy (non-hydrogen) atoms. The third kappa shape index (κ3) is 6.80. The van der Waals surface area contributed by atoms with Gasteiger partial charge in [0.25, 0.3) is 0 Å². The van der Waals surface area contributed by atoms with Crippen LogP contribution in [0.25, 0.3) is 0 Å². The van der Waals surface area contributed by atoms with Crippen molar-refractivity contribution in [2.24, 2.45) is 0 Å². The topological polar surface area (TPSA) is 38.3 Å². The van der Waals surface area contributed by atoms with E-state index in [-0.39, 0.29) is 5.91 Å². The van der Waals surface area contributed by atoms with E-state index in [9.17, 15) is 4.79 Å². The van der Waals surface area contributed by atoms with Crippen LogP contribution < -0.4 is 10.1 Å². The number of carbonyl (C=O) groups is 1. The lowest BCUT2D eigenvalue weighted by molar-refractivity contribution is -0.117. The fraction of sp³-hybridized carbons (Fsp3) is 0.389. The second-order valence-electron chi connectivity index (χ2n) is 5.21. The number of hydrogen-bond acceptors (Lipinski definition) is 2. The normalized spacial score (nSPS) is 11.0. The van der Waals surface area contributed by atoms with Crippen molar-refractivity contribution in [2.75, 3.05) is 13.2 Å². The maximum Gasteiger partial charge on any atom is 0.246 e. The number of allylic oxidation sites excluding steroid dienone is 2. The summed E-state index contributed by atoms with van der Waals surface area (Å²) < 4.78 is 5.61. The van der Waals surface area contributed by atoms with Crippen molar-refractivity contribution in [2.45, 2.75) is 34.1 Å². The molecule has 0 heterocycles. The van der Waals surface area contributed by atoms with Gasteiger partial charge in [-0.25, -0.2) is 0 Å². The average Bonchev–Trinajstić information content (AvgIpc) is 2.47. The zero-order valence-electron chi connectivity index (χ0n) is 13.4. The van der Waals surface area contributed by atoms with Crippen molar-refractivity contribution in [1.29, 1.82) is 0 Å². The highest BCUT2D eigenvalue weighted by Gasteiger charge is 2.02. The second-order valence-corrected chi connectivity index (χ2v) is 5.21. The lowest BCUT2D eigenvalue weighted by Gasteiger charge is -2.07. The van der Waals surface area contributed by atoms with Crippen molar-refractivity contribution in [3.63, 3.8) is 0 Å². The standard InChI is InChI=1S/C18H25NO2/c1-5-15(4)18(20)19-12-10-16-6-8-17(9-7-16)21-13-11-14(2)3/h5-9,11H,10,12-13H2,1-4H3,(H,19,20). The van der Waals surface area contributed by atoms with Gasteiger partial charge in [-0.15, -0.1) is 0 Å². The van der Waals surface area contributed by atoms with Crippen molar-refractivity contribution < 1.29 is 9.53 Å². The Morgan fingerprint density at radius 3 is 2.43 bits per heavy atom. The summed E-state index contributed by atoms with van der Waals surface area (Å²) in [7, 11) is 0. The van der Waals surface area contributed by atoms with E-state index >= 15 is 0 Å². The van der Waals surface area contributed by atoms with E-state index in [1.807, 2.05) is 50.3 Å². The first-order valence-corrected chi connectivity index (χ1v) is 7.29. The fourth-order valence-corrected chi connectivity index (χ4v) is 1.65. The molecule has 0 radical (unpaired) electrons. The molecule has 3 heteroatoms. The molecule has 0 aliphatic heterocycles. The van der Waals surface area contributed by atoms with Gasteiger partial charge in [0.2, 0.25) is 5.91 Å². The summed E-state index contributed by atoms with van der Waals surface area (Å²) in [5, 5.41) is 2.90. The summed E-state index contributed by atoms with van der Waals surface area (Å²) in [5.74, 6) is 0.865. The van der Waals surface area contributed by atoms with Crippen LogP contribution in [0.3, 0.4) is 0 Å². The van der Waals surface area contributed by atoms with Gasteiger partial charge in [0.1, 0.15) is 12.4 Å². The molecule has 1 aromatic carbocycles. The minimum atomic E-state index is -0.000763. The first-order valence-electron chi connectivity index (χ1n) is 7.29. The third-order valence-electron chi connectivity index (χ3n) is 3.16. The third-order valence-corrected chi connectivity index (χ3v) is 3.16. The molecule has 0 aliphatic carbocycles. The molecule has 0 unspecified atom stereocenters. The predicted molar refractivity (Wildman–Crippen MR) is 87.5 cm³/mol. The Balaban J connectivity index is 2.37. The van der Waals surface area contributed by atoms with E-state index in [1.54, 1.807) is 0 Å². The second kappa shape index (κ2) is 9.01. The molecule has 0 aromatic heterocycles. The first-order chi connectivity index (χ1) is 10.0. The predicted octanol–water partition coefficient (Wildman–Crippen LogP) is 3.66. The Hall–Kier alpha value is -2.03. The van der Waals surface area contributed by atoms with Crippen LogP contribution in [0.5, 0.6) is 5.75 Å². The van der Waals surface area contributed by atoms with Crippen LogP contribution in [0.4, 0.5) is 0 Å². The van der Waals surface area contributed by atoms with Crippen LogP contribution in [-0.2, 0) is 11.2 Å². The molecule has 3 nitrogen and oxygen atoms in total. The van der Waals surface area contributed by atoms with Gasteiger partial charge in [0, 0.05) is 12.1 Å². The van der Waals surface area contributed by atoms with E-state index in [4.69, 9.17) is 4.74 Å². The van der Waals surface area contributed by atoms with Crippen LogP contribution in [-0.4, -0.2) is 19.1 Å². The maximum atomic E-state index is 11.6. The molecular weight excluding hydrogens is 262 g/mol. The largest absolute Gasteiger partial charge is 0.490 e. The molecule has 0 atom stereocenters. The van der Waals surface area contributed by atoms with Gasteiger partial charge in [0.15, 0.2) is 0 Å². The van der Waals surface area contributed by atoms with Gasteiger partial charge in [-0.05, 0) is 57.9 Å². The van der Waals surface area contributed by atoms with Crippen LogP contribution in [0.2, 0.25) is 0 Å². The van der Waals surface area contributed by atoms with Crippen molar-refractivity contribution in [3.8, 4) is 5.75 Å². The number of nitrogens with one attached hydrogen (secondary N) is 1. The highest BCUT2D eigenvalue weighted by molar-refractivity contribution is 5.92. The highest BCUT2D eigenvalue weighted by atomic mass is 16.5. The Bertz CT molecular complexity index is 509. The lowest BCUT2D eigenvalue weighted by atomic mass is 10.1. The Morgan fingerprint density at radius 1 is 1.19 bits per heavy atom. The van der Waals surface area contributed by atoms with E-state index < -0.39 is 0 Å². The van der Waals surface area contributed by atoms with E-state index in [2.05, 4.69) is 19.2 Å². The van der Waals surface area contributed by atoms with Crippen molar-refractivity contribution in [1.82, 2.24) is 5.32 Å². The minimum Gasteiger partial charge on any atom is -0.490 e. The molecule has 1 N–H and O–H groups in total. The molecule has 0 aliphatic rings. The van der Waals surface area contributed by atoms with Crippen LogP contribution in [0.1, 0.15) is 33.3 Å². The quantitative estimate of drug-likeness (QED) is 0.614. The van der Waals surface area contributed by atoms with Crippen molar-refractivity contribution >= 4 is 5.91 Å². The Morgan fingerprint density at radius 2 is 1.86 bits per heavy atom. The van der Waals surface area contributed by atoms with E-state index in [0.29, 0.717) is 13.2 Å². The summed E-state index contributed by atoms with van der Waals surface area (Å²) in [4.78, 5) is 11.6. The van der Waals surface area contributed by atoms with E-state index in [0.717, 1.165) is 17.7 Å². The van der Waals surface area contributed by atoms with Gasteiger partial charge >= 0.3 is 0 Å². The maximum absolute atomic E-state index is 11.6. The summed E-state index contributed by atoms with van der Waals surface area (Å²) >= 11 is 0. The number of amides is 1. The number of carbonyl (C=O) groups excluding carboxylic acids is 1. The van der Waals surface area contributed by atoms with Gasteiger partial charge in [-0.3, -0.25) is 4.79 Å². The first kappa shape index (κ1) is 17.0. The molecule has 114 valence electrons. The van der Waals surface area contributed by atoms with Crippen LogP contribution >= 0.6 is 0 Å². The van der Waals surface area contributed by atoms with Gasteiger partial charge in [-0.2, -0.15) is 0 Å². The highest BCUT2D eigenvalue weighted by Crippen LogP contribution is 2.12. The molecule has 0 fully saturated rings. The monoisotopic (exact) mass is 287 g/mol. The number of rotatable bonds is 7. The summed E-state index contributed by atoms with van der Waals surface area (Å²) in [6.07, 6.45) is 4.68. The smallest absolute Gasteiger partial charge is 0.246 e. The van der Waals surface area contributed by atoms with Crippen LogP contribution in [0.15, 0.2) is 47.6 Å². The molecule has 0 saturated heterocycles. The summed E-state index contributed by atoms with van der Waals surface area (Å²) in [5.41, 5.74) is 3.18. The molecule has 1 amide bonds. The van der Waals surface area contributed by atoms with E-state index in [1.165, 1.54) is 11.1 Å². The number of hydrogen-bond donors (Lipinski definition) is 1. The zero-order chi connectivity index (χ0) is 15.7. The van der Waals surface area contributed by atoms with Crippen molar-refractivity contribution in [3.05, 3.63) is 53.1 Å². The average molecular weight is 287 g/mol. The fourth-order valence-electron chi connectivity index (χ4n) is 1.65. The zero-order valence-corrected chi connectivity index (χ0v) is 13.4. The molecule has 0 bridgehead atoms. The number of benzene rings is 1. The van der Waals surface area contributed by atoms with Gasteiger partial charge < -0.3 is 10.1 Å². The summed E-state index contributed by atoms with van der Waals surface area (Å²) in [6.45, 7) is 9.02. The minimum absolute atomic E-state index is 0.000763.